The summed E-state index contributed by atoms with van der Waals surface area (Å²) in [6, 6.07) is 5.19. The Morgan fingerprint density at radius 3 is 2.49 bits per heavy atom. The number of aromatic amines is 1. The lowest BCUT2D eigenvalue weighted by Gasteiger charge is -2.28. The molecule has 4 N–H and O–H groups in total. The Hall–Kier alpha value is -3.56. The largest absolute Gasteiger partial charge is 0.496 e. The van der Waals surface area contributed by atoms with Gasteiger partial charge in [-0.05, 0) is 42.9 Å². The number of methoxy groups -OCH3 is 2. The van der Waals surface area contributed by atoms with E-state index in [1.54, 1.807) is 19.2 Å². The maximum atomic E-state index is 13.3. The second kappa shape index (κ2) is 10.8. The van der Waals surface area contributed by atoms with Crippen molar-refractivity contribution in [2.75, 3.05) is 20.8 Å². The first-order chi connectivity index (χ1) is 16.5. The summed E-state index contributed by atoms with van der Waals surface area (Å²) >= 11 is 0. The van der Waals surface area contributed by atoms with Crippen LogP contribution in [0.1, 0.15) is 50.5 Å². The lowest BCUT2D eigenvalue weighted by Crippen LogP contribution is -2.53. The molecule has 10 heteroatoms. The summed E-state index contributed by atoms with van der Waals surface area (Å²) in [7, 11) is 2.78. The Morgan fingerprint density at radius 2 is 1.89 bits per heavy atom. The van der Waals surface area contributed by atoms with Gasteiger partial charge in [-0.15, -0.1) is 0 Å². The number of carbonyl (C=O) groups is 4. The first-order valence-corrected chi connectivity index (χ1v) is 11.6. The summed E-state index contributed by atoms with van der Waals surface area (Å²) in [5, 5.41) is 8.98. The first kappa shape index (κ1) is 26.1. The van der Waals surface area contributed by atoms with E-state index in [1.165, 1.54) is 7.11 Å². The summed E-state index contributed by atoms with van der Waals surface area (Å²) in [4.78, 5) is 53.8. The number of benzene rings is 1. The number of fused-ring (bicyclic) bond motifs is 1. The minimum absolute atomic E-state index is 0.127. The predicted molar refractivity (Wildman–Crippen MR) is 130 cm³/mol. The van der Waals surface area contributed by atoms with Crippen LogP contribution in [0.3, 0.4) is 0 Å². The summed E-state index contributed by atoms with van der Waals surface area (Å²) in [5.74, 6) is -1.54. The molecule has 1 aliphatic heterocycles. The van der Waals surface area contributed by atoms with Crippen LogP contribution in [0, 0.1) is 11.3 Å². The van der Waals surface area contributed by atoms with Gasteiger partial charge in [0.2, 0.25) is 11.8 Å². The van der Waals surface area contributed by atoms with Crippen molar-refractivity contribution in [2.24, 2.45) is 11.3 Å². The van der Waals surface area contributed by atoms with Crippen LogP contribution in [-0.4, -0.2) is 61.5 Å². The number of nitrogens with one attached hydrogen (secondary N) is 4. The minimum atomic E-state index is -1.00. The van der Waals surface area contributed by atoms with E-state index < -0.39 is 35.8 Å². The van der Waals surface area contributed by atoms with Crippen LogP contribution < -0.4 is 20.7 Å². The van der Waals surface area contributed by atoms with Crippen molar-refractivity contribution < 1.29 is 28.7 Å². The van der Waals surface area contributed by atoms with Crippen molar-refractivity contribution in [3.8, 4) is 5.75 Å². The Morgan fingerprint density at radius 1 is 1.14 bits per heavy atom. The molecule has 3 rings (SSSR count). The molecule has 0 radical (unpaired) electrons. The zero-order valence-corrected chi connectivity index (χ0v) is 20.8. The number of rotatable bonds is 9. The average molecular weight is 487 g/mol. The quantitative estimate of drug-likeness (QED) is 0.399. The second-order valence-corrected chi connectivity index (χ2v) is 9.99. The number of H-pyrrole nitrogens is 1. The molecule has 0 aliphatic carbocycles. The number of hydrogen-bond acceptors (Lipinski definition) is 6. The molecule has 3 atom stereocenters. The molecule has 35 heavy (non-hydrogen) atoms. The Kier molecular flexibility index (Phi) is 8.03. The third-order valence-corrected chi connectivity index (χ3v) is 6.01. The van der Waals surface area contributed by atoms with Crippen LogP contribution in [0.25, 0.3) is 10.9 Å². The van der Waals surface area contributed by atoms with Gasteiger partial charge in [0.15, 0.2) is 0 Å². The van der Waals surface area contributed by atoms with Crippen LogP contribution in [0.2, 0.25) is 0 Å². The summed E-state index contributed by atoms with van der Waals surface area (Å²) in [5.41, 5.74) is 0.709. The van der Waals surface area contributed by atoms with E-state index >= 15 is 0 Å². The molecule has 3 amide bonds. The maximum Gasteiger partial charge on any atom is 0.328 e. The van der Waals surface area contributed by atoms with E-state index in [0.29, 0.717) is 25.1 Å². The van der Waals surface area contributed by atoms with Crippen molar-refractivity contribution in [2.45, 2.75) is 52.1 Å². The van der Waals surface area contributed by atoms with Gasteiger partial charge in [0.1, 0.15) is 23.5 Å². The van der Waals surface area contributed by atoms with Gasteiger partial charge in [0.05, 0.1) is 14.2 Å². The number of amides is 3. The maximum absolute atomic E-state index is 13.3. The molecule has 2 heterocycles. The van der Waals surface area contributed by atoms with E-state index in [2.05, 4.69) is 20.9 Å². The van der Waals surface area contributed by atoms with Gasteiger partial charge in [-0.3, -0.25) is 14.4 Å². The van der Waals surface area contributed by atoms with E-state index in [0.717, 1.165) is 10.9 Å². The molecule has 0 spiro atoms. The monoisotopic (exact) mass is 486 g/mol. The zero-order chi connectivity index (χ0) is 25.8. The number of carbonyl (C=O) groups excluding carboxylic acids is 4. The van der Waals surface area contributed by atoms with Crippen molar-refractivity contribution in [3.05, 3.63) is 30.0 Å². The van der Waals surface area contributed by atoms with Gasteiger partial charge in [0, 0.05) is 23.4 Å². The van der Waals surface area contributed by atoms with Crippen molar-refractivity contribution in [3.63, 3.8) is 0 Å². The molecule has 0 bridgehead atoms. The van der Waals surface area contributed by atoms with Crippen molar-refractivity contribution >= 4 is 34.6 Å². The van der Waals surface area contributed by atoms with Gasteiger partial charge >= 0.3 is 5.97 Å². The van der Waals surface area contributed by atoms with Gasteiger partial charge in [-0.2, -0.15) is 0 Å². The van der Waals surface area contributed by atoms with Crippen LogP contribution >= 0.6 is 0 Å². The smallest absolute Gasteiger partial charge is 0.328 e. The summed E-state index contributed by atoms with van der Waals surface area (Å²) < 4.78 is 10.2. The molecular weight excluding hydrogens is 452 g/mol. The predicted octanol–water partition coefficient (Wildman–Crippen LogP) is 1.90. The van der Waals surface area contributed by atoms with E-state index in [1.807, 2.05) is 32.9 Å². The number of hydrogen-bond donors (Lipinski definition) is 4. The highest BCUT2D eigenvalue weighted by Gasteiger charge is 2.35. The normalized spacial score (nSPS) is 17.4. The number of aromatic nitrogens is 1. The molecular formula is C25H34N4O6. The topological polar surface area (TPSA) is 139 Å². The van der Waals surface area contributed by atoms with Gasteiger partial charge in [-0.25, -0.2) is 4.79 Å². The SMILES string of the molecule is COC(=O)[C@H](C[C@@H]1CCNC1=O)NC(=O)[C@H](CC(C)(C)C)NC(=O)c1cc2c(OC)cccc2[nH]1. The van der Waals surface area contributed by atoms with Gasteiger partial charge in [-0.1, -0.05) is 26.8 Å². The third kappa shape index (κ3) is 6.52. The van der Waals surface area contributed by atoms with E-state index in [9.17, 15) is 19.2 Å². The molecule has 190 valence electrons. The highest BCUT2D eigenvalue weighted by atomic mass is 16.5. The van der Waals surface area contributed by atoms with Gasteiger partial charge in [0.25, 0.3) is 5.91 Å². The lowest BCUT2D eigenvalue weighted by molar-refractivity contribution is -0.146. The van der Waals surface area contributed by atoms with Crippen LogP contribution in [0.15, 0.2) is 24.3 Å². The van der Waals surface area contributed by atoms with E-state index in [4.69, 9.17) is 9.47 Å². The zero-order valence-electron chi connectivity index (χ0n) is 20.8. The molecule has 1 saturated heterocycles. The van der Waals surface area contributed by atoms with Crippen LogP contribution in [0.5, 0.6) is 5.75 Å². The Labute approximate surface area is 204 Å². The molecule has 1 aromatic heterocycles. The fourth-order valence-corrected chi connectivity index (χ4v) is 4.27. The molecule has 2 aromatic rings. The highest BCUT2D eigenvalue weighted by Crippen LogP contribution is 2.27. The van der Waals surface area contributed by atoms with Crippen molar-refractivity contribution in [1.82, 2.24) is 20.9 Å². The fourth-order valence-electron chi connectivity index (χ4n) is 4.27. The lowest BCUT2D eigenvalue weighted by atomic mass is 9.87. The average Bonchev–Trinajstić information content (AvgIpc) is 3.42. The Bertz CT molecular complexity index is 1100. The highest BCUT2D eigenvalue weighted by molar-refractivity contribution is 6.01. The molecule has 1 fully saturated rings. The number of esters is 1. The standard InChI is InChI=1S/C25H34N4O6/c1-25(2,3)13-19(23(32)28-18(24(33)35-5)11-14-9-10-26-21(14)30)29-22(31)17-12-15-16(27-17)7-6-8-20(15)34-4/h6-8,12,14,18-19,27H,9-11,13H2,1-5H3,(H,26,30)(H,28,32)(H,29,31)/t14-,18-,19-/m0/s1. The molecule has 1 aliphatic rings. The fraction of sp³-hybridized carbons (Fsp3) is 0.520. The third-order valence-electron chi connectivity index (χ3n) is 6.01. The molecule has 0 unspecified atom stereocenters. The van der Waals surface area contributed by atoms with Crippen molar-refractivity contribution in [1.29, 1.82) is 0 Å². The Balaban J connectivity index is 1.79. The molecule has 10 nitrogen and oxygen atoms in total. The van der Waals surface area contributed by atoms with E-state index in [-0.39, 0.29) is 23.4 Å². The molecule has 1 aromatic carbocycles. The van der Waals surface area contributed by atoms with Crippen LogP contribution in [-0.2, 0) is 19.1 Å². The number of ether oxygens (including phenoxy) is 2. The summed E-state index contributed by atoms with van der Waals surface area (Å²) in [6.07, 6.45) is 1.03. The van der Waals surface area contributed by atoms with Crippen LogP contribution in [0.4, 0.5) is 0 Å². The molecule has 0 saturated carbocycles. The van der Waals surface area contributed by atoms with Gasteiger partial charge < -0.3 is 30.4 Å². The summed E-state index contributed by atoms with van der Waals surface area (Å²) in [6.45, 7) is 6.39. The first-order valence-electron chi connectivity index (χ1n) is 11.6. The minimum Gasteiger partial charge on any atom is -0.496 e. The second-order valence-electron chi connectivity index (χ2n) is 9.99.